The summed E-state index contributed by atoms with van der Waals surface area (Å²) in [4.78, 5) is 10.7. The first kappa shape index (κ1) is 16.0. The number of methoxy groups -OCH3 is 1. The van der Waals surface area contributed by atoms with E-state index in [1.54, 1.807) is 30.3 Å². The average molecular weight is 346 g/mol. The summed E-state index contributed by atoms with van der Waals surface area (Å²) in [6, 6.07) is 8.07. The highest BCUT2D eigenvalue weighted by molar-refractivity contribution is 6.39. The summed E-state index contributed by atoms with van der Waals surface area (Å²) in [6.07, 6.45) is 0.735. The van der Waals surface area contributed by atoms with Crippen LogP contribution in [0.2, 0.25) is 15.1 Å². The van der Waals surface area contributed by atoms with E-state index < -0.39 is 0 Å². The maximum atomic E-state index is 10.7. The van der Waals surface area contributed by atoms with Gasteiger partial charge in [-0.3, -0.25) is 4.79 Å². The molecule has 6 heteroatoms. The fourth-order valence-electron chi connectivity index (χ4n) is 1.74. The van der Waals surface area contributed by atoms with Crippen LogP contribution in [0.15, 0.2) is 30.3 Å². The third-order valence-corrected chi connectivity index (χ3v) is 3.69. The van der Waals surface area contributed by atoms with Gasteiger partial charge in [0, 0.05) is 16.1 Å². The zero-order chi connectivity index (χ0) is 15.4. The molecule has 0 aliphatic carbocycles. The molecule has 0 saturated heterocycles. The predicted molar refractivity (Wildman–Crippen MR) is 84.2 cm³/mol. The maximum absolute atomic E-state index is 10.7. The molecule has 0 N–H and O–H groups in total. The third-order valence-electron chi connectivity index (χ3n) is 2.80. The van der Waals surface area contributed by atoms with Gasteiger partial charge < -0.3 is 9.47 Å². The molecule has 0 fully saturated rings. The Hall–Kier alpha value is -1.42. The first-order valence-corrected chi connectivity index (χ1v) is 7.08. The Labute approximate surface area is 137 Å². The smallest absolute Gasteiger partial charge is 0.161 e. The van der Waals surface area contributed by atoms with Gasteiger partial charge in [0.2, 0.25) is 0 Å². The fraction of sp³-hybridized carbons (Fsp3) is 0.133. The van der Waals surface area contributed by atoms with Crippen LogP contribution in [-0.4, -0.2) is 13.4 Å². The zero-order valence-electron chi connectivity index (χ0n) is 11.0. The molecular weight excluding hydrogens is 335 g/mol. The maximum Gasteiger partial charge on any atom is 0.161 e. The van der Waals surface area contributed by atoms with E-state index in [1.807, 2.05) is 0 Å². The van der Waals surface area contributed by atoms with Crippen molar-refractivity contribution in [2.45, 2.75) is 6.61 Å². The highest BCUT2D eigenvalue weighted by Crippen LogP contribution is 2.32. The van der Waals surface area contributed by atoms with Crippen LogP contribution in [-0.2, 0) is 6.61 Å². The predicted octanol–water partition coefficient (Wildman–Crippen LogP) is 5.05. The Morgan fingerprint density at radius 2 is 1.71 bits per heavy atom. The molecule has 0 spiro atoms. The van der Waals surface area contributed by atoms with Gasteiger partial charge in [0.1, 0.15) is 12.9 Å². The van der Waals surface area contributed by atoms with Crippen LogP contribution >= 0.6 is 34.8 Å². The summed E-state index contributed by atoms with van der Waals surface area (Å²) < 4.78 is 10.8. The molecule has 0 atom stereocenters. The van der Waals surface area contributed by atoms with Crippen molar-refractivity contribution in [1.29, 1.82) is 0 Å². The van der Waals surface area contributed by atoms with Gasteiger partial charge in [0.15, 0.2) is 11.5 Å². The summed E-state index contributed by atoms with van der Waals surface area (Å²) in [5, 5.41) is 1.31. The minimum absolute atomic E-state index is 0.158. The molecule has 3 nitrogen and oxygen atoms in total. The Kier molecular flexibility index (Phi) is 5.34. The Morgan fingerprint density at radius 1 is 1.05 bits per heavy atom. The van der Waals surface area contributed by atoms with Gasteiger partial charge in [-0.1, -0.05) is 34.8 Å². The van der Waals surface area contributed by atoms with Gasteiger partial charge in [-0.15, -0.1) is 0 Å². The lowest BCUT2D eigenvalue weighted by atomic mass is 10.2. The van der Waals surface area contributed by atoms with E-state index in [0.29, 0.717) is 37.7 Å². The second-order valence-corrected chi connectivity index (χ2v) is 5.42. The number of hydrogen-bond donors (Lipinski definition) is 0. The highest BCUT2D eigenvalue weighted by Gasteiger charge is 2.11. The number of carbonyl (C=O) groups excluding carboxylic acids is 1. The number of hydrogen-bond acceptors (Lipinski definition) is 3. The van der Waals surface area contributed by atoms with Gasteiger partial charge in [-0.25, -0.2) is 0 Å². The van der Waals surface area contributed by atoms with Crippen molar-refractivity contribution in [1.82, 2.24) is 0 Å². The lowest BCUT2D eigenvalue weighted by Crippen LogP contribution is -2.00. The average Bonchev–Trinajstić information content (AvgIpc) is 2.46. The molecule has 0 aliphatic heterocycles. The standard InChI is InChI=1S/C15H11Cl3O3/c1-20-15-4-9(7-19)2-3-14(15)21-8-11-12(17)5-10(16)6-13(11)18/h2-7H,8H2,1H3. The molecule has 0 bridgehead atoms. The van der Waals surface area contributed by atoms with Gasteiger partial charge in [0.25, 0.3) is 0 Å². The molecule has 0 aromatic heterocycles. The third kappa shape index (κ3) is 3.82. The van der Waals surface area contributed by atoms with Crippen molar-refractivity contribution in [3.05, 3.63) is 56.5 Å². The Balaban J connectivity index is 2.22. The van der Waals surface area contributed by atoms with Crippen molar-refractivity contribution < 1.29 is 14.3 Å². The summed E-state index contributed by atoms with van der Waals surface area (Å²) in [6.45, 7) is 0.158. The summed E-state index contributed by atoms with van der Waals surface area (Å²) in [5.41, 5.74) is 1.13. The summed E-state index contributed by atoms with van der Waals surface area (Å²) in [7, 11) is 1.50. The number of ether oxygens (including phenoxy) is 2. The van der Waals surface area contributed by atoms with E-state index in [9.17, 15) is 4.79 Å². The van der Waals surface area contributed by atoms with Gasteiger partial charge >= 0.3 is 0 Å². The molecule has 0 aliphatic rings. The molecule has 0 radical (unpaired) electrons. The molecular formula is C15H11Cl3O3. The molecule has 2 rings (SSSR count). The number of benzene rings is 2. The molecule has 0 unspecified atom stereocenters. The number of halogens is 3. The molecule has 2 aromatic rings. The minimum atomic E-state index is 0.158. The van der Waals surface area contributed by atoms with Crippen LogP contribution in [0.4, 0.5) is 0 Å². The van der Waals surface area contributed by atoms with Crippen molar-refractivity contribution in [3.63, 3.8) is 0 Å². The Bertz CT molecular complexity index is 648. The van der Waals surface area contributed by atoms with E-state index in [-0.39, 0.29) is 6.61 Å². The number of rotatable bonds is 5. The largest absolute Gasteiger partial charge is 0.493 e. The molecule has 110 valence electrons. The van der Waals surface area contributed by atoms with Crippen LogP contribution < -0.4 is 9.47 Å². The fourth-order valence-corrected chi connectivity index (χ4v) is 2.66. The van der Waals surface area contributed by atoms with Gasteiger partial charge in [-0.05, 0) is 30.3 Å². The van der Waals surface area contributed by atoms with Crippen molar-refractivity contribution >= 4 is 41.1 Å². The van der Waals surface area contributed by atoms with E-state index in [2.05, 4.69) is 0 Å². The van der Waals surface area contributed by atoms with Crippen LogP contribution in [0, 0.1) is 0 Å². The lowest BCUT2D eigenvalue weighted by molar-refractivity contribution is 0.112. The van der Waals surface area contributed by atoms with Crippen LogP contribution in [0.3, 0.4) is 0 Å². The number of carbonyl (C=O) groups is 1. The lowest BCUT2D eigenvalue weighted by Gasteiger charge is -2.13. The van der Waals surface area contributed by atoms with E-state index >= 15 is 0 Å². The second kappa shape index (κ2) is 7.03. The molecule has 2 aromatic carbocycles. The van der Waals surface area contributed by atoms with E-state index in [1.165, 1.54) is 7.11 Å². The molecule has 0 amide bonds. The van der Waals surface area contributed by atoms with Crippen LogP contribution in [0.1, 0.15) is 15.9 Å². The van der Waals surface area contributed by atoms with Crippen molar-refractivity contribution in [2.24, 2.45) is 0 Å². The summed E-state index contributed by atoms with van der Waals surface area (Å²) in [5.74, 6) is 0.950. The Morgan fingerprint density at radius 3 is 2.29 bits per heavy atom. The first-order valence-electron chi connectivity index (χ1n) is 5.94. The normalized spacial score (nSPS) is 10.3. The quantitative estimate of drug-likeness (QED) is 0.712. The molecule has 21 heavy (non-hydrogen) atoms. The van der Waals surface area contributed by atoms with E-state index in [0.717, 1.165) is 6.29 Å². The minimum Gasteiger partial charge on any atom is -0.493 e. The van der Waals surface area contributed by atoms with Gasteiger partial charge in [0.05, 0.1) is 17.2 Å². The second-order valence-electron chi connectivity index (χ2n) is 4.16. The molecule has 0 heterocycles. The first-order chi connectivity index (χ1) is 10.0. The van der Waals surface area contributed by atoms with Gasteiger partial charge in [-0.2, -0.15) is 0 Å². The van der Waals surface area contributed by atoms with Crippen LogP contribution in [0.25, 0.3) is 0 Å². The molecule has 0 saturated carbocycles. The SMILES string of the molecule is COc1cc(C=O)ccc1OCc1c(Cl)cc(Cl)cc1Cl. The van der Waals surface area contributed by atoms with E-state index in [4.69, 9.17) is 44.3 Å². The number of aldehydes is 1. The van der Waals surface area contributed by atoms with Crippen LogP contribution in [0.5, 0.6) is 11.5 Å². The summed E-state index contributed by atoms with van der Waals surface area (Å²) >= 11 is 18.0. The monoisotopic (exact) mass is 344 g/mol. The zero-order valence-corrected chi connectivity index (χ0v) is 13.3. The highest BCUT2D eigenvalue weighted by atomic mass is 35.5. The topological polar surface area (TPSA) is 35.5 Å². The van der Waals surface area contributed by atoms with Crippen molar-refractivity contribution in [2.75, 3.05) is 7.11 Å². The van der Waals surface area contributed by atoms with Crippen molar-refractivity contribution in [3.8, 4) is 11.5 Å².